The molecule has 0 unspecified atom stereocenters. The third-order valence-corrected chi connectivity index (χ3v) is 3.63. The second-order valence-electron chi connectivity index (χ2n) is 5.13. The minimum atomic E-state index is 0.0713. The number of nitrogens with two attached hydrogens (primary N) is 1. The van der Waals surface area contributed by atoms with Gasteiger partial charge in [-0.2, -0.15) is 0 Å². The normalized spacial score (nSPS) is 15.1. The number of fused-ring (bicyclic) bond motifs is 1. The lowest BCUT2D eigenvalue weighted by Gasteiger charge is -2.30. The van der Waals surface area contributed by atoms with Crippen molar-refractivity contribution in [2.45, 2.75) is 26.9 Å². The maximum absolute atomic E-state index is 9.02. The highest BCUT2D eigenvalue weighted by atomic mass is 16.4. The average molecular weight is 287 g/mol. The Morgan fingerprint density at radius 2 is 2.19 bits per heavy atom. The molecule has 110 valence electrons. The summed E-state index contributed by atoms with van der Waals surface area (Å²) in [5, 5.41) is 20.2. The molecule has 3 N–H and O–H groups in total. The van der Waals surface area contributed by atoms with Gasteiger partial charge in [0.05, 0.1) is 12.1 Å². The van der Waals surface area contributed by atoms with Crippen molar-refractivity contribution < 1.29 is 5.21 Å². The molecule has 0 saturated carbocycles. The molecule has 0 aromatic carbocycles. The molecular formula is C13H17N7O. The summed E-state index contributed by atoms with van der Waals surface area (Å²) >= 11 is 0. The van der Waals surface area contributed by atoms with Crippen LogP contribution >= 0.6 is 0 Å². The molecule has 0 radical (unpaired) electrons. The molecule has 3 heterocycles. The molecule has 0 aliphatic carbocycles. The molecule has 2 aromatic heterocycles. The Morgan fingerprint density at radius 3 is 2.95 bits per heavy atom. The lowest BCUT2D eigenvalue weighted by Crippen LogP contribution is -2.36. The van der Waals surface area contributed by atoms with Gasteiger partial charge in [0.1, 0.15) is 12.1 Å². The Kier molecular flexibility index (Phi) is 3.20. The molecule has 0 bridgehead atoms. The lowest BCUT2D eigenvalue weighted by molar-refractivity contribution is 0.318. The van der Waals surface area contributed by atoms with E-state index in [4.69, 9.17) is 10.9 Å². The molecule has 8 heteroatoms. The van der Waals surface area contributed by atoms with E-state index in [1.54, 1.807) is 6.33 Å². The van der Waals surface area contributed by atoms with E-state index in [0.717, 1.165) is 36.0 Å². The fraction of sp³-hybridized carbons (Fsp3) is 0.385. The zero-order valence-electron chi connectivity index (χ0n) is 12.0. The number of pyridine rings is 1. The molecule has 0 spiro atoms. The van der Waals surface area contributed by atoms with Crippen molar-refractivity contribution in [3.63, 3.8) is 0 Å². The van der Waals surface area contributed by atoms with E-state index in [-0.39, 0.29) is 5.84 Å². The van der Waals surface area contributed by atoms with E-state index in [1.165, 1.54) is 0 Å². The van der Waals surface area contributed by atoms with E-state index in [9.17, 15) is 0 Å². The predicted octanol–water partition coefficient (Wildman–Crippen LogP) is 0.405. The summed E-state index contributed by atoms with van der Waals surface area (Å²) in [4.78, 5) is 6.66. The maximum atomic E-state index is 9.02. The molecule has 0 amide bonds. The van der Waals surface area contributed by atoms with Crippen LogP contribution in [-0.4, -0.2) is 37.3 Å². The van der Waals surface area contributed by atoms with Gasteiger partial charge in [0.2, 0.25) is 0 Å². The van der Waals surface area contributed by atoms with Crippen LogP contribution < -0.4 is 10.6 Å². The summed E-state index contributed by atoms with van der Waals surface area (Å²) in [6.07, 6.45) is 1.73. The first-order valence-corrected chi connectivity index (χ1v) is 6.68. The minimum Gasteiger partial charge on any atom is -0.409 e. The first-order valence-electron chi connectivity index (χ1n) is 6.68. The maximum Gasteiger partial charge on any atom is 0.174 e. The molecule has 0 atom stereocenters. The zero-order chi connectivity index (χ0) is 15.0. The van der Waals surface area contributed by atoms with E-state index in [2.05, 4.69) is 25.2 Å². The number of nitrogens with zero attached hydrogens (tertiary/aromatic N) is 6. The molecule has 1 aliphatic rings. The fourth-order valence-corrected chi connectivity index (χ4v) is 2.66. The highest BCUT2D eigenvalue weighted by Crippen LogP contribution is 2.25. The Hall–Kier alpha value is -2.64. The van der Waals surface area contributed by atoms with E-state index >= 15 is 0 Å². The molecule has 1 aliphatic heterocycles. The molecule has 0 fully saturated rings. The summed E-state index contributed by atoms with van der Waals surface area (Å²) in [5.41, 5.74) is 8.31. The van der Waals surface area contributed by atoms with Crippen molar-refractivity contribution >= 4 is 11.7 Å². The number of amidine groups is 1. The standard InChI is InChI=1S/C13H17N7O/c1-8-5-9(2)16-13(11(8)12(14)18-21)19-3-4-20-7-15-17-10(20)6-19/h5,7,21H,3-4,6H2,1-2H3,(H2,14,18). The van der Waals surface area contributed by atoms with Gasteiger partial charge >= 0.3 is 0 Å². The van der Waals surface area contributed by atoms with Crippen LogP contribution in [0.1, 0.15) is 22.6 Å². The summed E-state index contributed by atoms with van der Waals surface area (Å²) in [6.45, 7) is 6.01. The van der Waals surface area contributed by atoms with Crippen molar-refractivity contribution in [1.82, 2.24) is 19.7 Å². The Morgan fingerprint density at radius 1 is 1.38 bits per heavy atom. The average Bonchev–Trinajstić information content (AvgIpc) is 2.93. The summed E-state index contributed by atoms with van der Waals surface area (Å²) < 4.78 is 2.02. The van der Waals surface area contributed by atoms with Gasteiger partial charge < -0.3 is 20.4 Å². The fourth-order valence-electron chi connectivity index (χ4n) is 2.66. The second kappa shape index (κ2) is 5.04. The van der Waals surface area contributed by atoms with E-state index in [0.29, 0.717) is 12.1 Å². The van der Waals surface area contributed by atoms with Crippen LogP contribution in [0.2, 0.25) is 0 Å². The zero-order valence-corrected chi connectivity index (χ0v) is 12.0. The second-order valence-corrected chi connectivity index (χ2v) is 5.13. The summed E-state index contributed by atoms with van der Waals surface area (Å²) in [5.74, 6) is 1.67. The van der Waals surface area contributed by atoms with Gasteiger partial charge in [0.25, 0.3) is 0 Å². The Bertz CT molecular complexity index is 707. The molecule has 0 saturated heterocycles. The van der Waals surface area contributed by atoms with Crippen molar-refractivity contribution in [3.05, 3.63) is 35.0 Å². The van der Waals surface area contributed by atoms with Gasteiger partial charge in [0, 0.05) is 18.8 Å². The highest BCUT2D eigenvalue weighted by molar-refractivity contribution is 6.02. The summed E-state index contributed by atoms with van der Waals surface area (Å²) in [6, 6.07) is 1.92. The van der Waals surface area contributed by atoms with Crippen molar-refractivity contribution in [2.24, 2.45) is 10.9 Å². The monoisotopic (exact) mass is 287 g/mol. The predicted molar refractivity (Wildman–Crippen MR) is 77.3 cm³/mol. The van der Waals surface area contributed by atoms with Gasteiger partial charge in [-0.1, -0.05) is 5.16 Å². The number of hydrogen-bond acceptors (Lipinski definition) is 6. The van der Waals surface area contributed by atoms with Gasteiger partial charge in [-0.25, -0.2) is 4.98 Å². The topological polar surface area (TPSA) is 105 Å². The van der Waals surface area contributed by atoms with Crippen LogP contribution in [-0.2, 0) is 13.1 Å². The largest absolute Gasteiger partial charge is 0.409 e. The SMILES string of the molecule is Cc1cc(C)c(C(N)=NO)c(N2CCn3cnnc3C2)n1. The van der Waals surface area contributed by atoms with Crippen molar-refractivity contribution in [2.75, 3.05) is 11.4 Å². The molecule has 21 heavy (non-hydrogen) atoms. The third kappa shape index (κ3) is 2.28. The molecular weight excluding hydrogens is 270 g/mol. The van der Waals surface area contributed by atoms with Gasteiger partial charge in [-0.15, -0.1) is 10.2 Å². The first-order chi connectivity index (χ1) is 10.1. The smallest absolute Gasteiger partial charge is 0.174 e. The highest BCUT2D eigenvalue weighted by Gasteiger charge is 2.23. The third-order valence-electron chi connectivity index (χ3n) is 3.63. The first kappa shape index (κ1) is 13.3. The summed E-state index contributed by atoms with van der Waals surface area (Å²) in [7, 11) is 0. The number of anilines is 1. The number of aryl methyl sites for hydroxylation is 2. The number of aromatic nitrogens is 4. The molecule has 3 rings (SSSR count). The Labute approximate surface area is 121 Å². The van der Waals surface area contributed by atoms with Crippen LogP contribution in [0.15, 0.2) is 17.5 Å². The Balaban J connectivity index is 2.06. The van der Waals surface area contributed by atoms with Crippen LogP contribution in [0, 0.1) is 13.8 Å². The molecule has 8 nitrogen and oxygen atoms in total. The van der Waals surface area contributed by atoms with Gasteiger partial charge in [-0.3, -0.25) is 0 Å². The van der Waals surface area contributed by atoms with Crippen molar-refractivity contribution in [3.8, 4) is 0 Å². The lowest BCUT2D eigenvalue weighted by atomic mass is 10.1. The minimum absolute atomic E-state index is 0.0713. The van der Waals surface area contributed by atoms with Crippen LogP contribution in [0.3, 0.4) is 0 Å². The number of hydrogen-bond donors (Lipinski definition) is 2. The quantitative estimate of drug-likeness (QED) is 0.358. The van der Waals surface area contributed by atoms with Crippen LogP contribution in [0.5, 0.6) is 0 Å². The van der Waals surface area contributed by atoms with Crippen LogP contribution in [0.4, 0.5) is 5.82 Å². The van der Waals surface area contributed by atoms with Crippen LogP contribution in [0.25, 0.3) is 0 Å². The van der Waals surface area contributed by atoms with Crippen molar-refractivity contribution in [1.29, 1.82) is 0 Å². The number of oxime groups is 1. The van der Waals surface area contributed by atoms with Gasteiger partial charge in [0.15, 0.2) is 11.7 Å². The van der Waals surface area contributed by atoms with E-state index < -0.39 is 0 Å². The van der Waals surface area contributed by atoms with E-state index in [1.807, 2.05) is 24.5 Å². The number of rotatable bonds is 2. The van der Waals surface area contributed by atoms with Gasteiger partial charge in [-0.05, 0) is 25.5 Å². The molecule has 2 aromatic rings.